The minimum Gasteiger partial charge on any atom is -0.375 e. The van der Waals surface area contributed by atoms with Gasteiger partial charge in [-0.1, -0.05) is 0 Å². The highest BCUT2D eigenvalue weighted by molar-refractivity contribution is 4.74. The van der Waals surface area contributed by atoms with Crippen molar-refractivity contribution >= 4 is 0 Å². The molecule has 0 amide bonds. The molecule has 17 heavy (non-hydrogen) atoms. The number of hydroxylamine groups is 4. The summed E-state index contributed by atoms with van der Waals surface area (Å²) in [6, 6.07) is 0. The van der Waals surface area contributed by atoms with Crippen LogP contribution in [0.5, 0.6) is 0 Å². The Hall–Kier alpha value is -0.200. The number of ether oxygens (including phenoxy) is 1. The SMILES string of the molecule is CON1CCC(OC2CCN(OC)CC2)CC1. The lowest BCUT2D eigenvalue weighted by Gasteiger charge is -2.35. The molecule has 5 nitrogen and oxygen atoms in total. The molecule has 0 radical (unpaired) electrons. The van der Waals surface area contributed by atoms with Gasteiger partial charge in [0, 0.05) is 26.2 Å². The van der Waals surface area contributed by atoms with Crippen LogP contribution in [0.1, 0.15) is 25.7 Å². The molecule has 0 spiro atoms. The lowest BCUT2D eigenvalue weighted by atomic mass is 10.1. The van der Waals surface area contributed by atoms with Gasteiger partial charge in [-0.15, -0.1) is 0 Å². The summed E-state index contributed by atoms with van der Waals surface area (Å²) in [5.41, 5.74) is 0. The standard InChI is InChI=1S/C12H24N2O3/c1-15-13-7-3-11(4-8-13)17-12-5-9-14(16-2)10-6-12/h11-12H,3-10H2,1-2H3. The van der Waals surface area contributed by atoms with E-state index in [4.69, 9.17) is 14.4 Å². The van der Waals surface area contributed by atoms with E-state index in [0.717, 1.165) is 51.9 Å². The van der Waals surface area contributed by atoms with Crippen LogP contribution >= 0.6 is 0 Å². The van der Waals surface area contributed by atoms with E-state index in [9.17, 15) is 0 Å². The Morgan fingerprint density at radius 2 is 1.06 bits per heavy atom. The van der Waals surface area contributed by atoms with Crippen LogP contribution < -0.4 is 0 Å². The summed E-state index contributed by atoms with van der Waals surface area (Å²) in [7, 11) is 3.48. The summed E-state index contributed by atoms with van der Waals surface area (Å²) in [6.07, 6.45) is 5.16. The first-order chi connectivity index (χ1) is 8.31. The van der Waals surface area contributed by atoms with E-state index in [1.54, 1.807) is 14.2 Å². The zero-order valence-corrected chi connectivity index (χ0v) is 10.9. The minimum absolute atomic E-state index is 0.417. The van der Waals surface area contributed by atoms with Gasteiger partial charge in [0.25, 0.3) is 0 Å². The predicted octanol–water partition coefficient (Wildman–Crippen LogP) is 1.05. The predicted molar refractivity (Wildman–Crippen MR) is 64.3 cm³/mol. The first-order valence-electron chi connectivity index (χ1n) is 6.55. The molecule has 2 heterocycles. The smallest absolute Gasteiger partial charge is 0.0605 e. The number of hydrogen-bond acceptors (Lipinski definition) is 5. The highest BCUT2D eigenvalue weighted by atomic mass is 16.7. The maximum Gasteiger partial charge on any atom is 0.0605 e. The van der Waals surface area contributed by atoms with Crippen molar-refractivity contribution in [3.8, 4) is 0 Å². The topological polar surface area (TPSA) is 34.2 Å². The molecule has 0 aliphatic carbocycles. The molecular formula is C12H24N2O3. The van der Waals surface area contributed by atoms with Crippen molar-refractivity contribution in [1.82, 2.24) is 10.1 Å². The Morgan fingerprint density at radius 1 is 0.706 bits per heavy atom. The van der Waals surface area contributed by atoms with Crippen molar-refractivity contribution in [3.63, 3.8) is 0 Å². The zero-order valence-electron chi connectivity index (χ0n) is 10.9. The molecule has 0 aromatic carbocycles. The molecule has 0 unspecified atom stereocenters. The Balaban J connectivity index is 1.65. The van der Waals surface area contributed by atoms with Crippen LogP contribution in [0.15, 0.2) is 0 Å². The summed E-state index contributed by atoms with van der Waals surface area (Å²) < 4.78 is 6.15. The van der Waals surface area contributed by atoms with Gasteiger partial charge in [-0.3, -0.25) is 0 Å². The fourth-order valence-electron chi connectivity index (χ4n) is 2.57. The van der Waals surface area contributed by atoms with Gasteiger partial charge in [0.2, 0.25) is 0 Å². The zero-order chi connectivity index (χ0) is 12.1. The lowest BCUT2D eigenvalue weighted by Crippen LogP contribution is -2.41. The average Bonchev–Trinajstić information content (AvgIpc) is 2.40. The van der Waals surface area contributed by atoms with E-state index in [2.05, 4.69) is 0 Å². The van der Waals surface area contributed by atoms with Gasteiger partial charge in [0.05, 0.1) is 26.4 Å². The number of piperidine rings is 2. The quantitative estimate of drug-likeness (QED) is 0.738. The molecule has 2 aliphatic rings. The van der Waals surface area contributed by atoms with Crippen molar-refractivity contribution in [2.75, 3.05) is 40.4 Å². The highest BCUT2D eigenvalue weighted by Crippen LogP contribution is 2.20. The van der Waals surface area contributed by atoms with Gasteiger partial charge in [-0.2, -0.15) is 10.1 Å². The first kappa shape index (κ1) is 13.2. The van der Waals surface area contributed by atoms with Gasteiger partial charge in [0.15, 0.2) is 0 Å². The molecule has 2 saturated heterocycles. The number of hydrogen-bond donors (Lipinski definition) is 0. The van der Waals surface area contributed by atoms with Crippen LogP contribution in [0.25, 0.3) is 0 Å². The molecule has 5 heteroatoms. The Kier molecular flexibility index (Phi) is 5.18. The van der Waals surface area contributed by atoms with Gasteiger partial charge in [-0.25, -0.2) is 0 Å². The third-order valence-corrected chi connectivity index (χ3v) is 3.70. The maximum atomic E-state index is 6.15. The molecule has 0 aromatic rings. The Labute approximate surface area is 104 Å². The summed E-state index contributed by atoms with van der Waals surface area (Å²) in [6.45, 7) is 3.94. The van der Waals surface area contributed by atoms with E-state index in [0.29, 0.717) is 12.2 Å². The molecule has 2 aliphatic heterocycles. The molecule has 0 N–H and O–H groups in total. The molecular weight excluding hydrogens is 220 g/mol. The summed E-state index contributed by atoms with van der Waals surface area (Å²) >= 11 is 0. The van der Waals surface area contributed by atoms with Gasteiger partial charge < -0.3 is 14.4 Å². The lowest BCUT2D eigenvalue weighted by molar-refractivity contribution is -0.185. The van der Waals surface area contributed by atoms with Crippen molar-refractivity contribution in [1.29, 1.82) is 0 Å². The van der Waals surface area contributed by atoms with E-state index >= 15 is 0 Å². The van der Waals surface area contributed by atoms with Crippen LogP contribution in [0, 0.1) is 0 Å². The summed E-state index contributed by atoms with van der Waals surface area (Å²) in [5.74, 6) is 0. The summed E-state index contributed by atoms with van der Waals surface area (Å²) in [5, 5.41) is 4.01. The largest absolute Gasteiger partial charge is 0.375 e. The molecule has 2 fully saturated rings. The Morgan fingerprint density at radius 3 is 1.35 bits per heavy atom. The van der Waals surface area contributed by atoms with Gasteiger partial charge in [0.1, 0.15) is 0 Å². The fraction of sp³-hybridized carbons (Fsp3) is 1.00. The van der Waals surface area contributed by atoms with Crippen molar-refractivity contribution in [2.45, 2.75) is 37.9 Å². The van der Waals surface area contributed by atoms with E-state index in [-0.39, 0.29) is 0 Å². The summed E-state index contributed by atoms with van der Waals surface area (Å²) in [4.78, 5) is 10.4. The molecule has 2 rings (SSSR count). The first-order valence-corrected chi connectivity index (χ1v) is 6.55. The van der Waals surface area contributed by atoms with E-state index in [1.165, 1.54) is 0 Å². The van der Waals surface area contributed by atoms with Crippen LogP contribution in [-0.4, -0.2) is 62.7 Å². The second-order valence-corrected chi connectivity index (χ2v) is 4.76. The van der Waals surface area contributed by atoms with Crippen LogP contribution in [0.2, 0.25) is 0 Å². The van der Waals surface area contributed by atoms with Gasteiger partial charge >= 0.3 is 0 Å². The number of rotatable bonds is 4. The highest BCUT2D eigenvalue weighted by Gasteiger charge is 2.25. The third kappa shape index (κ3) is 3.89. The van der Waals surface area contributed by atoms with Crippen molar-refractivity contribution < 1.29 is 14.4 Å². The second kappa shape index (κ2) is 6.66. The molecule has 100 valence electrons. The maximum absolute atomic E-state index is 6.15. The normalized spacial score (nSPS) is 26.5. The van der Waals surface area contributed by atoms with Crippen LogP contribution in [0.4, 0.5) is 0 Å². The van der Waals surface area contributed by atoms with Crippen molar-refractivity contribution in [3.05, 3.63) is 0 Å². The van der Waals surface area contributed by atoms with Crippen molar-refractivity contribution in [2.24, 2.45) is 0 Å². The van der Waals surface area contributed by atoms with Gasteiger partial charge in [-0.05, 0) is 25.7 Å². The monoisotopic (exact) mass is 244 g/mol. The molecule has 0 aromatic heterocycles. The third-order valence-electron chi connectivity index (χ3n) is 3.70. The van der Waals surface area contributed by atoms with Crippen LogP contribution in [0.3, 0.4) is 0 Å². The average molecular weight is 244 g/mol. The minimum atomic E-state index is 0.417. The molecule has 0 bridgehead atoms. The Bertz CT molecular complexity index is 190. The van der Waals surface area contributed by atoms with Crippen LogP contribution in [-0.2, 0) is 14.4 Å². The molecule has 0 atom stereocenters. The van der Waals surface area contributed by atoms with E-state index in [1.807, 2.05) is 10.1 Å². The fourth-order valence-corrected chi connectivity index (χ4v) is 2.57. The number of nitrogens with zero attached hydrogens (tertiary/aromatic N) is 2. The van der Waals surface area contributed by atoms with E-state index < -0.39 is 0 Å². The second-order valence-electron chi connectivity index (χ2n) is 4.76. The molecule has 0 saturated carbocycles.